The van der Waals surface area contributed by atoms with E-state index in [9.17, 15) is 4.79 Å². The van der Waals surface area contributed by atoms with Crippen molar-refractivity contribution >= 4 is 39.3 Å². The predicted molar refractivity (Wildman–Crippen MR) is 96.9 cm³/mol. The number of nitrogens with one attached hydrogen (secondary N) is 1. The highest BCUT2D eigenvalue weighted by molar-refractivity contribution is 9.10. The zero-order valence-corrected chi connectivity index (χ0v) is 15.5. The quantitative estimate of drug-likeness (QED) is 0.649. The van der Waals surface area contributed by atoms with Crippen LogP contribution in [0.4, 0.5) is 5.82 Å². The van der Waals surface area contributed by atoms with E-state index in [2.05, 4.69) is 31.4 Å². The summed E-state index contributed by atoms with van der Waals surface area (Å²) >= 11 is 9.14. The fourth-order valence-corrected chi connectivity index (χ4v) is 2.41. The Morgan fingerprint density at radius 2 is 2.04 bits per heavy atom. The van der Waals surface area contributed by atoms with Gasteiger partial charge in [0.1, 0.15) is 23.9 Å². The minimum Gasteiger partial charge on any atom is -0.489 e. The number of pyridine rings is 1. The molecule has 0 unspecified atom stereocenters. The summed E-state index contributed by atoms with van der Waals surface area (Å²) in [6.45, 7) is 1.87. The Labute approximate surface area is 157 Å². The summed E-state index contributed by atoms with van der Waals surface area (Å²) in [7, 11) is 0. The molecule has 0 fully saturated rings. The number of anilines is 1. The van der Waals surface area contributed by atoms with Gasteiger partial charge in [-0.05, 0) is 59.3 Å². The van der Waals surface area contributed by atoms with Gasteiger partial charge in [-0.2, -0.15) is 0 Å². The summed E-state index contributed by atoms with van der Waals surface area (Å²) in [5.41, 5.74) is 0.737. The van der Waals surface area contributed by atoms with Gasteiger partial charge in [0.25, 0.3) is 5.91 Å². The van der Waals surface area contributed by atoms with Gasteiger partial charge < -0.3 is 14.6 Å². The van der Waals surface area contributed by atoms with Crippen LogP contribution in [0.2, 0.25) is 5.02 Å². The Kier molecular flexibility index (Phi) is 5.35. The number of hydrogen-bond acceptors (Lipinski definition) is 5. The highest BCUT2D eigenvalue weighted by Crippen LogP contribution is 2.20. The molecule has 3 rings (SSSR count). The van der Waals surface area contributed by atoms with Crippen molar-refractivity contribution in [1.82, 2.24) is 10.1 Å². The molecule has 0 aliphatic rings. The lowest BCUT2D eigenvalue weighted by atomic mass is 10.2. The predicted octanol–water partition coefficient (Wildman–Crippen LogP) is 4.63. The maximum Gasteiger partial charge on any atom is 0.279 e. The molecular formula is C17H13BrClN3O3. The Bertz CT molecular complexity index is 879. The third-order valence-electron chi connectivity index (χ3n) is 3.37. The molecule has 0 radical (unpaired) electrons. The maximum absolute atomic E-state index is 12.4. The van der Waals surface area contributed by atoms with Crippen molar-refractivity contribution in [3.63, 3.8) is 0 Å². The van der Waals surface area contributed by atoms with Crippen LogP contribution in [0, 0.1) is 6.92 Å². The second kappa shape index (κ2) is 7.67. The van der Waals surface area contributed by atoms with Crippen molar-refractivity contribution in [3.8, 4) is 5.75 Å². The van der Waals surface area contributed by atoms with Gasteiger partial charge in [-0.15, -0.1) is 0 Å². The van der Waals surface area contributed by atoms with Gasteiger partial charge in [0, 0.05) is 15.7 Å². The number of carbonyl (C=O) groups excluding carboxylic acids is 1. The molecule has 0 aliphatic carbocycles. The minimum absolute atomic E-state index is 0.146. The van der Waals surface area contributed by atoms with Gasteiger partial charge in [0.2, 0.25) is 0 Å². The van der Waals surface area contributed by atoms with Gasteiger partial charge in [-0.3, -0.25) is 4.79 Å². The standard InChI is InChI=1S/C17H13BrClN3O3/c1-10-14(9-24-13-5-3-12(19)4-6-13)16(22-25-10)17(23)21-15-7-2-11(18)8-20-15/h2-8H,9H2,1H3,(H,20,21,23). The summed E-state index contributed by atoms with van der Waals surface area (Å²) in [4.78, 5) is 16.5. The molecule has 128 valence electrons. The minimum atomic E-state index is -0.415. The van der Waals surface area contributed by atoms with E-state index >= 15 is 0 Å². The molecule has 0 bridgehead atoms. The fourth-order valence-electron chi connectivity index (χ4n) is 2.05. The van der Waals surface area contributed by atoms with Crippen molar-refractivity contribution in [1.29, 1.82) is 0 Å². The van der Waals surface area contributed by atoms with E-state index in [-0.39, 0.29) is 12.3 Å². The monoisotopic (exact) mass is 421 g/mol. The van der Waals surface area contributed by atoms with Gasteiger partial charge in [-0.25, -0.2) is 4.98 Å². The number of hydrogen-bond donors (Lipinski definition) is 1. The summed E-state index contributed by atoms with van der Waals surface area (Å²) in [6, 6.07) is 10.4. The van der Waals surface area contributed by atoms with E-state index < -0.39 is 5.91 Å². The molecule has 1 aromatic carbocycles. The Morgan fingerprint density at radius 3 is 2.72 bits per heavy atom. The van der Waals surface area contributed by atoms with Crippen molar-refractivity contribution in [2.24, 2.45) is 0 Å². The van der Waals surface area contributed by atoms with Crippen LogP contribution in [-0.4, -0.2) is 16.0 Å². The third-order valence-corrected chi connectivity index (χ3v) is 4.09. The van der Waals surface area contributed by atoms with Crippen LogP contribution in [0.25, 0.3) is 0 Å². The van der Waals surface area contributed by atoms with Crippen molar-refractivity contribution in [3.05, 3.63) is 69.1 Å². The molecule has 6 nitrogen and oxygen atoms in total. The topological polar surface area (TPSA) is 77.3 Å². The summed E-state index contributed by atoms with van der Waals surface area (Å²) in [5, 5.41) is 7.13. The lowest BCUT2D eigenvalue weighted by molar-refractivity contribution is 0.101. The van der Waals surface area contributed by atoms with E-state index in [1.54, 1.807) is 49.5 Å². The van der Waals surface area contributed by atoms with E-state index in [0.717, 1.165) is 4.47 Å². The maximum atomic E-state index is 12.4. The zero-order chi connectivity index (χ0) is 17.8. The first-order valence-electron chi connectivity index (χ1n) is 7.29. The molecule has 0 spiro atoms. The molecule has 1 N–H and O–H groups in total. The highest BCUT2D eigenvalue weighted by Gasteiger charge is 2.21. The number of aryl methyl sites for hydroxylation is 1. The largest absolute Gasteiger partial charge is 0.489 e. The number of amides is 1. The molecule has 0 saturated carbocycles. The Morgan fingerprint density at radius 1 is 1.28 bits per heavy atom. The van der Waals surface area contributed by atoms with E-state index in [0.29, 0.717) is 27.9 Å². The first kappa shape index (κ1) is 17.4. The average molecular weight is 423 g/mol. The molecule has 1 amide bonds. The molecule has 0 atom stereocenters. The molecule has 25 heavy (non-hydrogen) atoms. The lowest BCUT2D eigenvalue weighted by Gasteiger charge is -2.07. The molecule has 0 aliphatic heterocycles. The van der Waals surface area contributed by atoms with Crippen LogP contribution in [0.1, 0.15) is 21.8 Å². The molecular weight excluding hydrogens is 410 g/mol. The first-order chi connectivity index (χ1) is 12.0. The van der Waals surface area contributed by atoms with Gasteiger partial charge >= 0.3 is 0 Å². The first-order valence-corrected chi connectivity index (χ1v) is 8.46. The average Bonchev–Trinajstić information content (AvgIpc) is 2.97. The van der Waals surface area contributed by atoms with Crippen molar-refractivity contribution < 1.29 is 14.1 Å². The van der Waals surface area contributed by atoms with Crippen LogP contribution < -0.4 is 10.1 Å². The number of aromatic nitrogens is 2. The third kappa shape index (κ3) is 4.37. The zero-order valence-electron chi connectivity index (χ0n) is 13.1. The van der Waals surface area contributed by atoms with Crippen LogP contribution >= 0.6 is 27.5 Å². The van der Waals surface area contributed by atoms with E-state index in [1.165, 1.54) is 0 Å². The van der Waals surface area contributed by atoms with Gasteiger partial charge in [0.05, 0.1) is 5.56 Å². The number of benzene rings is 1. The van der Waals surface area contributed by atoms with E-state index in [4.69, 9.17) is 20.9 Å². The van der Waals surface area contributed by atoms with Crippen LogP contribution in [0.5, 0.6) is 5.75 Å². The number of rotatable bonds is 5. The lowest BCUT2D eigenvalue weighted by Crippen LogP contribution is -2.16. The summed E-state index contributed by atoms with van der Waals surface area (Å²) in [6.07, 6.45) is 1.59. The Hall–Kier alpha value is -2.38. The normalized spacial score (nSPS) is 10.5. The smallest absolute Gasteiger partial charge is 0.279 e. The SMILES string of the molecule is Cc1onc(C(=O)Nc2ccc(Br)cn2)c1COc1ccc(Cl)cc1. The molecule has 2 heterocycles. The molecule has 8 heteroatoms. The van der Waals surface area contributed by atoms with Crippen LogP contribution in [0.3, 0.4) is 0 Å². The summed E-state index contributed by atoms with van der Waals surface area (Å²) in [5.74, 6) is 1.15. The van der Waals surface area contributed by atoms with Crippen LogP contribution in [0.15, 0.2) is 51.6 Å². The second-order valence-corrected chi connectivity index (χ2v) is 6.48. The molecule has 2 aromatic heterocycles. The van der Waals surface area contributed by atoms with Crippen LogP contribution in [-0.2, 0) is 6.61 Å². The number of halogens is 2. The Balaban J connectivity index is 1.72. The van der Waals surface area contributed by atoms with E-state index in [1.807, 2.05) is 0 Å². The highest BCUT2D eigenvalue weighted by atomic mass is 79.9. The fraction of sp³-hybridized carbons (Fsp3) is 0.118. The molecule has 3 aromatic rings. The summed E-state index contributed by atoms with van der Waals surface area (Å²) < 4.78 is 11.6. The van der Waals surface area contributed by atoms with Gasteiger partial charge in [0.15, 0.2) is 5.69 Å². The number of ether oxygens (including phenoxy) is 1. The van der Waals surface area contributed by atoms with Crippen molar-refractivity contribution in [2.75, 3.05) is 5.32 Å². The second-order valence-electron chi connectivity index (χ2n) is 5.12. The molecule has 0 saturated heterocycles. The number of nitrogens with zero attached hydrogens (tertiary/aromatic N) is 2. The van der Waals surface area contributed by atoms with Gasteiger partial charge in [-0.1, -0.05) is 16.8 Å². The van der Waals surface area contributed by atoms with Crippen molar-refractivity contribution in [2.45, 2.75) is 13.5 Å². The number of carbonyl (C=O) groups is 1.